The molecule has 0 spiro atoms. The molecular formula is C70H76S2. The quantitative estimate of drug-likeness (QED) is 0.154. The van der Waals surface area contributed by atoms with Crippen LogP contribution in [0.4, 0.5) is 0 Å². The van der Waals surface area contributed by atoms with Gasteiger partial charge in [0, 0.05) is 30.6 Å². The van der Waals surface area contributed by atoms with E-state index < -0.39 is 0 Å². The van der Waals surface area contributed by atoms with Crippen LogP contribution in [0.2, 0.25) is 0 Å². The van der Waals surface area contributed by atoms with Gasteiger partial charge in [0.1, 0.15) is 0 Å². The first-order valence-electron chi connectivity index (χ1n) is 26.3. The van der Waals surface area contributed by atoms with Crippen molar-refractivity contribution < 1.29 is 0 Å². The van der Waals surface area contributed by atoms with Crippen molar-refractivity contribution in [3.8, 4) is 43.1 Å². The summed E-state index contributed by atoms with van der Waals surface area (Å²) in [7, 11) is 0. The molecule has 0 bridgehead atoms. The molecule has 0 atom stereocenters. The van der Waals surface area contributed by atoms with Crippen LogP contribution in [0, 0.1) is 0 Å². The predicted octanol–water partition coefficient (Wildman–Crippen LogP) is 22.0. The Balaban J connectivity index is 1.41. The smallest absolute Gasteiger partial charge is 0.0358 e. The summed E-state index contributed by atoms with van der Waals surface area (Å²) in [6.07, 6.45) is 0. The molecule has 0 N–H and O–H groups in total. The van der Waals surface area contributed by atoms with E-state index in [1.165, 1.54) is 129 Å². The fourth-order valence-corrected chi connectivity index (χ4v) is 13.2. The molecule has 368 valence electrons. The topological polar surface area (TPSA) is 0 Å². The average Bonchev–Trinajstić information content (AvgIpc) is 4.01. The first kappa shape index (κ1) is 50.0. The highest BCUT2D eigenvalue weighted by Crippen LogP contribution is 2.54. The largest absolute Gasteiger partial charge is 0.140 e. The lowest BCUT2D eigenvalue weighted by Gasteiger charge is -2.26. The van der Waals surface area contributed by atoms with Gasteiger partial charge in [-0.2, -0.15) is 0 Å². The van der Waals surface area contributed by atoms with E-state index in [1.54, 1.807) is 0 Å². The van der Waals surface area contributed by atoms with Gasteiger partial charge in [-0.15, -0.1) is 22.7 Å². The molecule has 2 heterocycles. The van der Waals surface area contributed by atoms with Crippen LogP contribution in [-0.2, 0) is 32.5 Å². The van der Waals surface area contributed by atoms with Crippen LogP contribution in [0.15, 0.2) is 133 Å². The van der Waals surface area contributed by atoms with Gasteiger partial charge in [0.05, 0.1) is 0 Å². The third-order valence-corrected chi connectivity index (χ3v) is 18.4. The summed E-state index contributed by atoms with van der Waals surface area (Å²) in [5.74, 6) is 0. The summed E-state index contributed by atoms with van der Waals surface area (Å²) < 4.78 is 0. The molecule has 10 aromatic rings. The van der Waals surface area contributed by atoms with Crippen LogP contribution >= 0.6 is 22.7 Å². The van der Waals surface area contributed by atoms with Crippen LogP contribution < -0.4 is 0 Å². The summed E-state index contributed by atoms with van der Waals surface area (Å²) in [6.45, 7) is 42.3. The number of hydrogen-bond donors (Lipinski definition) is 0. The monoisotopic (exact) mass is 981 g/mol. The second kappa shape index (κ2) is 17.0. The van der Waals surface area contributed by atoms with E-state index in [2.05, 4.69) is 258 Å². The molecule has 0 amide bonds. The summed E-state index contributed by atoms with van der Waals surface area (Å²) in [4.78, 5) is 5.44. The summed E-state index contributed by atoms with van der Waals surface area (Å²) in [6, 6.07) is 53.3. The maximum atomic E-state index is 2.53. The molecule has 0 unspecified atom stereocenters. The standard InChI is InChI=1S/C70H76S2/c1-65(2,3)41-23-27-47-49-29-25-43(67(7,8)9)39-55(49)63(57-33-35-59(71-57)69(13,14)15)61(53(47)37-41)51-31-32-52(46-22-20-19-21-45(46)51)62-54-38-42(66(4,5)6)24-28-48(54)50-30-26-44(68(10,11)12)40-56(50)64(62)58-34-36-60(72-58)70(16,17)18/h19-40H,1-18H3. The Morgan fingerprint density at radius 3 is 0.764 bits per heavy atom. The second-order valence-electron chi connectivity index (χ2n) is 27.1. The van der Waals surface area contributed by atoms with Gasteiger partial charge in [0.2, 0.25) is 0 Å². The van der Waals surface area contributed by atoms with Gasteiger partial charge in [-0.3, -0.25) is 0 Å². The molecule has 0 radical (unpaired) electrons. The van der Waals surface area contributed by atoms with Crippen LogP contribution in [0.25, 0.3) is 97.0 Å². The molecule has 8 aromatic carbocycles. The maximum Gasteiger partial charge on any atom is 0.0358 e. The lowest BCUT2D eigenvalue weighted by atomic mass is 9.78. The van der Waals surface area contributed by atoms with E-state index in [4.69, 9.17) is 0 Å². The third-order valence-electron chi connectivity index (χ3n) is 15.3. The van der Waals surface area contributed by atoms with E-state index in [1.807, 2.05) is 22.7 Å². The zero-order valence-electron chi connectivity index (χ0n) is 46.5. The highest BCUT2D eigenvalue weighted by Gasteiger charge is 2.29. The highest BCUT2D eigenvalue weighted by atomic mass is 32.1. The summed E-state index contributed by atoms with van der Waals surface area (Å²) in [5.41, 5.74) is 13.2. The summed E-state index contributed by atoms with van der Waals surface area (Å²) >= 11 is 3.93. The number of thiophene rings is 2. The van der Waals surface area contributed by atoms with Crippen molar-refractivity contribution in [3.63, 3.8) is 0 Å². The molecular weight excluding hydrogens is 905 g/mol. The maximum absolute atomic E-state index is 2.53. The van der Waals surface area contributed by atoms with Crippen LogP contribution in [0.5, 0.6) is 0 Å². The van der Waals surface area contributed by atoms with E-state index in [9.17, 15) is 0 Å². The lowest BCUT2D eigenvalue weighted by molar-refractivity contribution is 0.590. The van der Waals surface area contributed by atoms with Gasteiger partial charge in [-0.25, -0.2) is 0 Å². The van der Waals surface area contributed by atoms with Gasteiger partial charge in [-0.1, -0.05) is 210 Å². The minimum Gasteiger partial charge on any atom is -0.140 e. The minimum absolute atomic E-state index is 0.0198. The van der Waals surface area contributed by atoms with Gasteiger partial charge in [0.15, 0.2) is 0 Å². The van der Waals surface area contributed by atoms with Gasteiger partial charge >= 0.3 is 0 Å². The Labute approximate surface area is 439 Å². The normalized spacial score (nSPS) is 13.4. The molecule has 72 heavy (non-hydrogen) atoms. The minimum atomic E-state index is -0.0358. The first-order valence-corrected chi connectivity index (χ1v) is 28.0. The molecule has 0 fully saturated rings. The Kier molecular flexibility index (Phi) is 11.8. The highest BCUT2D eigenvalue weighted by molar-refractivity contribution is 7.16. The number of hydrogen-bond acceptors (Lipinski definition) is 2. The molecule has 0 saturated heterocycles. The van der Waals surface area contributed by atoms with Gasteiger partial charge in [0.25, 0.3) is 0 Å². The SMILES string of the molecule is CC(C)(C)c1ccc2c(c1)c(-c1ccc(C(C)(C)C)s1)c(-c1ccc(-c3c(-c4ccc(C(C)(C)C)s4)c4cc(C(C)(C)C)ccc4c4ccc(C(C)(C)C)cc34)c3ccccc13)c1cc(C(C)(C)C)ccc12. The Morgan fingerprint density at radius 1 is 0.236 bits per heavy atom. The molecule has 10 rings (SSSR count). The molecule has 2 aromatic heterocycles. The molecule has 0 aliphatic carbocycles. The van der Waals surface area contributed by atoms with Gasteiger partial charge in [-0.05, 0) is 179 Å². The van der Waals surface area contributed by atoms with E-state index in [0.29, 0.717) is 0 Å². The van der Waals surface area contributed by atoms with Crippen molar-refractivity contribution >= 4 is 76.5 Å². The molecule has 0 aliphatic heterocycles. The van der Waals surface area contributed by atoms with E-state index in [0.717, 1.165) is 0 Å². The third kappa shape index (κ3) is 8.73. The van der Waals surface area contributed by atoms with Crippen LogP contribution in [0.3, 0.4) is 0 Å². The molecule has 0 aliphatic rings. The Bertz CT molecular complexity index is 3530. The Morgan fingerprint density at radius 2 is 0.514 bits per heavy atom. The number of benzene rings is 8. The van der Waals surface area contributed by atoms with Crippen molar-refractivity contribution in [3.05, 3.63) is 165 Å². The molecule has 0 saturated carbocycles. The molecule has 2 heteroatoms. The number of fused-ring (bicyclic) bond motifs is 7. The fraction of sp³-hybridized carbons (Fsp3) is 0.343. The first-order chi connectivity index (χ1) is 33.5. The zero-order valence-corrected chi connectivity index (χ0v) is 48.2. The van der Waals surface area contributed by atoms with E-state index in [-0.39, 0.29) is 32.5 Å². The summed E-state index contributed by atoms with van der Waals surface area (Å²) in [5, 5.41) is 13.0. The fourth-order valence-electron chi connectivity index (χ4n) is 10.9. The van der Waals surface area contributed by atoms with Crippen molar-refractivity contribution in [1.82, 2.24) is 0 Å². The molecule has 0 nitrogen and oxygen atoms in total. The predicted molar refractivity (Wildman–Crippen MR) is 324 cm³/mol. The van der Waals surface area contributed by atoms with Crippen LogP contribution in [0.1, 0.15) is 157 Å². The Hall–Kier alpha value is -5.54. The number of rotatable bonds is 4. The van der Waals surface area contributed by atoms with E-state index >= 15 is 0 Å². The van der Waals surface area contributed by atoms with Gasteiger partial charge < -0.3 is 0 Å². The zero-order chi connectivity index (χ0) is 51.8. The van der Waals surface area contributed by atoms with Crippen molar-refractivity contribution in [2.75, 3.05) is 0 Å². The van der Waals surface area contributed by atoms with Crippen molar-refractivity contribution in [2.24, 2.45) is 0 Å². The van der Waals surface area contributed by atoms with Crippen molar-refractivity contribution in [1.29, 1.82) is 0 Å². The average molecular weight is 982 g/mol. The second-order valence-corrected chi connectivity index (χ2v) is 29.2. The van der Waals surface area contributed by atoms with Crippen LogP contribution in [-0.4, -0.2) is 0 Å². The lowest BCUT2D eigenvalue weighted by Crippen LogP contribution is -2.11. The van der Waals surface area contributed by atoms with Crippen molar-refractivity contribution in [2.45, 2.75) is 157 Å².